The van der Waals surface area contributed by atoms with Gasteiger partial charge < -0.3 is 10.4 Å². The van der Waals surface area contributed by atoms with Crippen molar-refractivity contribution in [3.63, 3.8) is 0 Å². The third-order valence-corrected chi connectivity index (χ3v) is 5.44. The van der Waals surface area contributed by atoms with Crippen LogP contribution in [0.5, 0.6) is 5.75 Å². The molecule has 0 amide bonds. The number of phenols is 1. The number of halogens is 1. The fraction of sp³-hybridized carbons (Fsp3) is 0.0952. The highest BCUT2D eigenvalue weighted by Crippen LogP contribution is 2.29. The molecule has 2 aromatic heterocycles. The Hall–Kier alpha value is -2.21. The van der Waals surface area contributed by atoms with Gasteiger partial charge in [0.1, 0.15) is 5.75 Å². The van der Waals surface area contributed by atoms with Crippen LogP contribution in [0.15, 0.2) is 69.8 Å². The maximum atomic E-state index is 9.75. The van der Waals surface area contributed by atoms with Gasteiger partial charge in [0.25, 0.3) is 0 Å². The lowest BCUT2D eigenvalue weighted by atomic mass is 10.0. The Morgan fingerprint density at radius 2 is 1.85 bits per heavy atom. The van der Waals surface area contributed by atoms with E-state index in [2.05, 4.69) is 68.4 Å². The summed E-state index contributed by atoms with van der Waals surface area (Å²) in [4.78, 5) is 4.82. The van der Waals surface area contributed by atoms with Gasteiger partial charge in [-0.15, -0.1) is 0 Å². The van der Waals surface area contributed by atoms with Crippen LogP contribution < -0.4 is 5.32 Å². The number of hydrogen-bond donors (Lipinski definition) is 2. The molecule has 0 saturated carbocycles. The molecular formula is C21H17BrN2OS. The van der Waals surface area contributed by atoms with Gasteiger partial charge in [-0.1, -0.05) is 28.1 Å². The second-order valence-electron chi connectivity index (χ2n) is 6.12. The Morgan fingerprint density at radius 3 is 2.62 bits per heavy atom. The average molecular weight is 425 g/mol. The summed E-state index contributed by atoms with van der Waals surface area (Å²) >= 11 is 5.12. The Kier molecular flexibility index (Phi) is 5.02. The van der Waals surface area contributed by atoms with Crippen LogP contribution in [-0.2, 0) is 13.1 Å². The van der Waals surface area contributed by atoms with E-state index in [1.54, 1.807) is 23.5 Å². The highest BCUT2D eigenvalue weighted by Gasteiger charge is 2.10. The van der Waals surface area contributed by atoms with Crippen molar-refractivity contribution < 1.29 is 5.11 Å². The van der Waals surface area contributed by atoms with Gasteiger partial charge in [0.2, 0.25) is 0 Å². The molecule has 0 aliphatic carbocycles. The number of phenolic OH excluding ortho intramolecular Hbond substituents is 1. The average Bonchev–Trinajstić information content (AvgIpc) is 3.17. The first-order valence-electron chi connectivity index (χ1n) is 8.29. The molecule has 2 heterocycles. The minimum absolute atomic E-state index is 0.238. The van der Waals surface area contributed by atoms with Crippen molar-refractivity contribution >= 4 is 38.2 Å². The summed E-state index contributed by atoms with van der Waals surface area (Å²) in [5.74, 6) is 0.238. The van der Waals surface area contributed by atoms with E-state index in [0.717, 1.165) is 45.3 Å². The largest absolute Gasteiger partial charge is 0.508 e. The SMILES string of the molecule is Oc1ccc2cc(CNCc3ccc(Br)cc3)c(-c3ccsc3)nc2c1. The van der Waals surface area contributed by atoms with E-state index in [-0.39, 0.29) is 5.75 Å². The number of aromatic nitrogens is 1. The topological polar surface area (TPSA) is 45.1 Å². The molecule has 4 aromatic rings. The number of hydrogen-bond acceptors (Lipinski definition) is 4. The third-order valence-electron chi connectivity index (χ3n) is 4.23. The molecule has 0 unspecified atom stereocenters. The molecule has 3 nitrogen and oxygen atoms in total. The van der Waals surface area contributed by atoms with Crippen molar-refractivity contribution in [2.45, 2.75) is 13.1 Å². The maximum Gasteiger partial charge on any atom is 0.117 e. The summed E-state index contributed by atoms with van der Waals surface area (Å²) in [5.41, 5.74) is 5.28. The number of thiophene rings is 1. The molecule has 5 heteroatoms. The van der Waals surface area contributed by atoms with Crippen LogP contribution in [0.1, 0.15) is 11.1 Å². The van der Waals surface area contributed by atoms with E-state index in [4.69, 9.17) is 4.98 Å². The van der Waals surface area contributed by atoms with E-state index in [9.17, 15) is 5.11 Å². The fourth-order valence-electron chi connectivity index (χ4n) is 2.93. The second kappa shape index (κ2) is 7.58. The fourth-order valence-corrected chi connectivity index (χ4v) is 3.83. The Labute approximate surface area is 164 Å². The Morgan fingerprint density at radius 1 is 1.00 bits per heavy atom. The number of pyridine rings is 1. The van der Waals surface area contributed by atoms with Gasteiger partial charge in [-0.2, -0.15) is 11.3 Å². The van der Waals surface area contributed by atoms with Crippen LogP contribution in [-0.4, -0.2) is 10.1 Å². The van der Waals surface area contributed by atoms with Crippen LogP contribution in [0.2, 0.25) is 0 Å². The van der Waals surface area contributed by atoms with Crippen molar-refractivity contribution in [2.75, 3.05) is 0 Å². The third kappa shape index (κ3) is 3.80. The number of benzene rings is 2. The number of rotatable bonds is 5. The van der Waals surface area contributed by atoms with Crippen molar-refractivity contribution in [3.8, 4) is 17.0 Å². The summed E-state index contributed by atoms with van der Waals surface area (Å²) in [5, 5.41) is 18.5. The van der Waals surface area contributed by atoms with Gasteiger partial charge in [0.15, 0.2) is 0 Å². The Bertz CT molecular complexity index is 1030. The first-order valence-corrected chi connectivity index (χ1v) is 10.0. The van der Waals surface area contributed by atoms with Gasteiger partial charge in [-0.05, 0) is 52.9 Å². The summed E-state index contributed by atoms with van der Waals surface area (Å²) in [6, 6.07) is 17.9. The molecule has 0 saturated heterocycles. The Balaban J connectivity index is 1.63. The predicted molar refractivity (Wildman–Crippen MR) is 111 cm³/mol. The summed E-state index contributed by atoms with van der Waals surface area (Å²) in [6.45, 7) is 1.52. The second-order valence-corrected chi connectivity index (χ2v) is 7.81. The van der Waals surface area contributed by atoms with Gasteiger partial charge in [0, 0.05) is 40.0 Å². The summed E-state index contributed by atoms with van der Waals surface area (Å²) in [7, 11) is 0. The van der Waals surface area contributed by atoms with Gasteiger partial charge >= 0.3 is 0 Å². The molecule has 0 fully saturated rings. The molecule has 0 aliphatic heterocycles. The number of nitrogens with zero attached hydrogens (tertiary/aromatic N) is 1. The molecule has 2 N–H and O–H groups in total. The quantitative estimate of drug-likeness (QED) is 0.430. The molecule has 0 radical (unpaired) electrons. The zero-order valence-electron chi connectivity index (χ0n) is 13.9. The smallest absolute Gasteiger partial charge is 0.117 e. The molecule has 0 atom stereocenters. The summed E-state index contributed by atoms with van der Waals surface area (Å²) in [6.07, 6.45) is 0. The minimum Gasteiger partial charge on any atom is -0.508 e. The van der Waals surface area contributed by atoms with E-state index < -0.39 is 0 Å². The molecule has 130 valence electrons. The van der Waals surface area contributed by atoms with E-state index in [0.29, 0.717) is 0 Å². The highest BCUT2D eigenvalue weighted by atomic mass is 79.9. The number of fused-ring (bicyclic) bond motifs is 1. The first-order chi connectivity index (χ1) is 12.7. The monoisotopic (exact) mass is 424 g/mol. The van der Waals surface area contributed by atoms with Gasteiger partial charge in [-0.25, -0.2) is 4.98 Å². The van der Waals surface area contributed by atoms with Crippen LogP contribution in [0.4, 0.5) is 0 Å². The standard InChI is InChI=1S/C21H17BrN2OS/c22-18-4-1-14(2-5-18)11-23-12-17-9-15-3-6-19(25)10-20(15)24-21(17)16-7-8-26-13-16/h1-10,13,23,25H,11-12H2. The zero-order chi connectivity index (χ0) is 17.9. The molecule has 4 rings (SSSR count). The van der Waals surface area contributed by atoms with Gasteiger partial charge in [0.05, 0.1) is 11.2 Å². The highest BCUT2D eigenvalue weighted by molar-refractivity contribution is 9.10. The van der Waals surface area contributed by atoms with Crippen molar-refractivity contribution in [1.82, 2.24) is 10.3 Å². The molecule has 26 heavy (non-hydrogen) atoms. The molecule has 2 aromatic carbocycles. The van der Waals surface area contributed by atoms with Crippen LogP contribution in [0.3, 0.4) is 0 Å². The van der Waals surface area contributed by atoms with E-state index >= 15 is 0 Å². The molecular weight excluding hydrogens is 408 g/mol. The molecule has 0 aliphatic rings. The number of aromatic hydroxyl groups is 1. The van der Waals surface area contributed by atoms with Crippen molar-refractivity contribution in [3.05, 3.63) is 81.0 Å². The lowest BCUT2D eigenvalue weighted by Gasteiger charge is -2.12. The normalized spacial score (nSPS) is 11.1. The predicted octanol–water partition coefficient (Wildman–Crippen LogP) is 5.72. The molecule has 0 spiro atoms. The number of nitrogens with one attached hydrogen (secondary N) is 1. The zero-order valence-corrected chi connectivity index (χ0v) is 16.3. The lowest BCUT2D eigenvalue weighted by molar-refractivity contribution is 0.476. The van der Waals surface area contributed by atoms with Gasteiger partial charge in [-0.3, -0.25) is 0 Å². The van der Waals surface area contributed by atoms with Crippen LogP contribution in [0.25, 0.3) is 22.2 Å². The van der Waals surface area contributed by atoms with Crippen LogP contribution >= 0.6 is 27.3 Å². The molecule has 0 bridgehead atoms. The summed E-state index contributed by atoms with van der Waals surface area (Å²) < 4.78 is 1.09. The van der Waals surface area contributed by atoms with Crippen molar-refractivity contribution in [1.29, 1.82) is 0 Å². The van der Waals surface area contributed by atoms with E-state index in [1.165, 1.54) is 5.56 Å². The van der Waals surface area contributed by atoms with E-state index in [1.807, 2.05) is 6.07 Å². The lowest BCUT2D eigenvalue weighted by Crippen LogP contribution is -2.13. The van der Waals surface area contributed by atoms with Crippen LogP contribution in [0, 0.1) is 0 Å². The minimum atomic E-state index is 0.238. The van der Waals surface area contributed by atoms with Crippen molar-refractivity contribution in [2.24, 2.45) is 0 Å². The maximum absolute atomic E-state index is 9.75. The first kappa shape index (κ1) is 17.2.